The van der Waals surface area contributed by atoms with Gasteiger partial charge in [-0.05, 0) is 24.6 Å². The van der Waals surface area contributed by atoms with Crippen LogP contribution in [-0.2, 0) is 6.54 Å². The Morgan fingerprint density at radius 1 is 1.50 bits per heavy atom. The van der Waals surface area contributed by atoms with E-state index in [2.05, 4.69) is 10.3 Å². The summed E-state index contributed by atoms with van der Waals surface area (Å²) in [5.74, 6) is 0.0402. The third-order valence-electron chi connectivity index (χ3n) is 2.56. The molecule has 0 amide bonds. The van der Waals surface area contributed by atoms with Gasteiger partial charge in [0, 0.05) is 16.8 Å². The van der Waals surface area contributed by atoms with E-state index >= 15 is 0 Å². The quantitative estimate of drug-likeness (QED) is 0.385. The van der Waals surface area contributed by atoms with Crippen LogP contribution in [0.5, 0.6) is 0 Å². The Hall–Kier alpha value is -2.01. The van der Waals surface area contributed by atoms with Gasteiger partial charge in [0.05, 0.1) is 12.2 Å². The Bertz CT molecular complexity index is 592. The lowest BCUT2D eigenvalue weighted by molar-refractivity contribution is 0.318. The predicted molar refractivity (Wildman–Crippen MR) is 70.0 cm³/mol. The molecule has 1 aromatic carbocycles. The first kappa shape index (κ1) is 12.4. The highest BCUT2D eigenvalue weighted by atomic mass is 35.5. The molecule has 18 heavy (non-hydrogen) atoms. The van der Waals surface area contributed by atoms with Crippen molar-refractivity contribution in [3.8, 4) is 0 Å². The average Bonchev–Trinajstić information content (AvgIpc) is 2.76. The number of halogens is 1. The number of oxime groups is 1. The molecule has 2 rings (SSSR count). The molecule has 1 aromatic heterocycles. The number of rotatable bonds is 3. The van der Waals surface area contributed by atoms with E-state index in [1.165, 1.54) is 0 Å². The highest BCUT2D eigenvalue weighted by molar-refractivity contribution is 6.31. The van der Waals surface area contributed by atoms with Gasteiger partial charge in [0.2, 0.25) is 0 Å². The van der Waals surface area contributed by atoms with Crippen LogP contribution < -0.4 is 5.73 Å². The number of benzene rings is 1. The minimum atomic E-state index is 0.0402. The van der Waals surface area contributed by atoms with E-state index in [-0.39, 0.29) is 5.84 Å². The van der Waals surface area contributed by atoms with Gasteiger partial charge in [-0.15, -0.1) is 0 Å². The fourth-order valence-corrected chi connectivity index (χ4v) is 1.86. The van der Waals surface area contributed by atoms with Gasteiger partial charge < -0.3 is 10.9 Å². The highest BCUT2D eigenvalue weighted by Gasteiger charge is 2.06. The summed E-state index contributed by atoms with van der Waals surface area (Å²) >= 11 is 6.15. The van der Waals surface area contributed by atoms with E-state index in [1.54, 1.807) is 16.8 Å². The van der Waals surface area contributed by atoms with Crippen LogP contribution in [0.4, 0.5) is 0 Å². The number of aromatic nitrogens is 2. The molecular formula is C12H13ClN4O. The zero-order valence-corrected chi connectivity index (χ0v) is 10.6. The van der Waals surface area contributed by atoms with Crippen LogP contribution in [0.2, 0.25) is 5.02 Å². The Labute approximate surface area is 109 Å². The van der Waals surface area contributed by atoms with Crippen molar-refractivity contribution in [2.45, 2.75) is 13.5 Å². The van der Waals surface area contributed by atoms with E-state index in [9.17, 15) is 0 Å². The summed E-state index contributed by atoms with van der Waals surface area (Å²) in [7, 11) is 0. The first-order valence-corrected chi connectivity index (χ1v) is 5.74. The van der Waals surface area contributed by atoms with E-state index in [0.29, 0.717) is 17.1 Å². The van der Waals surface area contributed by atoms with Gasteiger partial charge in [-0.1, -0.05) is 28.9 Å². The van der Waals surface area contributed by atoms with Crippen LogP contribution in [0.1, 0.15) is 16.8 Å². The second kappa shape index (κ2) is 5.10. The molecule has 0 fully saturated rings. The fraction of sp³-hybridized carbons (Fsp3) is 0.167. The molecule has 0 radical (unpaired) electrons. The van der Waals surface area contributed by atoms with Gasteiger partial charge in [0.15, 0.2) is 5.84 Å². The summed E-state index contributed by atoms with van der Waals surface area (Å²) in [5.41, 5.74) is 7.96. The zero-order valence-electron chi connectivity index (χ0n) is 9.84. The lowest BCUT2D eigenvalue weighted by Gasteiger charge is -2.06. The van der Waals surface area contributed by atoms with Crippen molar-refractivity contribution in [3.05, 3.63) is 52.3 Å². The number of hydrogen-bond acceptors (Lipinski definition) is 3. The van der Waals surface area contributed by atoms with Crippen molar-refractivity contribution in [1.29, 1.82) is 0 Å². The smallest absolute Gasteiger partial charge is 0.170 e. The summed E-state index contributed by atoms with van der Waals surface area (Å²) in [6.45, 7) is 2.52. The monoisotopic (exact) mass is 264 g/mol. The van der Waals surface area contributed by atoms with E-state index in [1.807, 2.05) is 25.3 Å². The molecule has 0 unspecified atom stereocenters. The van der Waals surface area contributed by atoms with Crippen LogP contribution in [-0.4, -0.2) is 20.8 Å². The minimum absolute atomic E-state index is 0.0402. The Kier molecular flexibility index (Phi) is 3.53. The first-order chi connectivity index (χ1) is 8.60. The van der Waals surface area contributed by atoms with E-state index in [4.69, 9.17) is 22.5 Å². The Morgan fingerprint density at radius 2 is 2.28 bits per heavy atom. The molecular weight excluding hydrogens is 252 g/mol. The van der Waals surface area contributed by atoms with Crippen LogP contribution in [0.25, 0.3) is 0 Å². The number of nitrogens with two attached hydrogens (primary N) is 1. The third-order valence-corrected chi connectivity index (χ3v) is 2.91. The van der Waals surface area contributed by atoms with Crippen LogP contribution >= 0.6 is 11.6 Å². The van der Waals surface area contributed by atoms with Crippen molar-refractivity contribution < 1.29 is 5.21 Å². The summed E-state index contributed by atoms with van der Waals surface area (Å²) in [5, 5.41) is 16.4. The molecule has 3 N–H and O–H groups in total. The van der Waals surface area contributed by atoms with Gasteiger partial charge in [-0.2, -0.15) is 5.10 Å². The summed E-state index contributed by atoms with van der Waals surface area (Å²) < 4.78 is 1.81. The lowest BCUT2D eigenvalue weighted by atomic mass is 10.1. The van der Waals surface area contributed by atoms with Crippen molar-refractivity contribution in [2.75, 3.05) is 0 Å². The number of hydrogen-bond donors (Lipinski definition) is 2. The van der Waals surface area contributed by atoms with Crippen molar-refractivity contribution in [2.24, 2.45) is 10.9 Å². The Morgan fingerprint density at radius 3 is 2.83 bits per heavy atom. The summed E-state index contributed by atoms with van der Waals surface area (Å²) in [6, 6.07) is 7.19. The second-order valence-electron chi connectivity index (χ2n) is 3.95. The fourth-order valence-electron chi connectivity index (χ4n) is 1.62. The molecule has 5 nitrogen and oxygen atoms in total. The lowest BCUT2D eigenvalue weighted by Crippen LogP contribution is -2.13. The SMILES string of the molecule is Cc1ccn(Cc2ccc(/C(N)=N/O)cc2Cl)n1. The average molecular weight is 265 g/mol. The van der Waals surface area contributed by atoms with Crippen LogP contribution in [0.3, 0.4) is 0 Å². The second-order valence-corrected chi connectivity index (χ2v) is 4.35. The van der Waals surface area contributed by atoms with Gasteiger partial charge in [0.25, 0.3) is 0 Å². The predicted octanol–water partition coefficient (Wildman–Crippen LogP) is 1.99. The van der Waals surface area contributed by atoms with Crippen molar-refractivity contribution >= 4 is 17.4 Å². The van der Waals surface area contributed by atoms with E-state index < -0.39 is 0 Å². The summed E-state index contributed by atoms with van der Waals surface area (Å²) in [6.07, 6.45) is 1.89. The molecule has 6 heteroatoms. The largest absolute Gasteiger partial charge is 0.409 e. The van der Waals surface area contributed by atoms with Gasteiger partial charge in [0.1, 0.15) is 0 Å². The molecule has 0 saturated heterocycles. The van der Waals surface area contributed by atoms with Crippen LogP contribution in [0, 0.1) is 6.92 Å². The third kappa shape index (κ3) is 2.62. The molecule has 0 spiro atoms. The topological polar surface area (TPSA) is 76.4 Å². The molecule has 2 aromatic rings. The zero-order chi connectivity index (χ0) is 13.1. The maximum absolute atomic E-state index is 8.59. The maximum atomic E-state index is 8.59. The molecule has 0 bridgehead atoms. The molecule has 0 aliphatic carbocycles. The molecule has 0 aliphatic rings. The number of aryl methyl sites for hydroxylation is 1. The van der Waals surface area contributed by atoms with Crippen molar-refractivity contribution in [3.63, 3.8) is 0 Å². The molecule has 0 atom stereocenters. The molecule has 94 valence electrons. The normalized spacial score (nSPS) is 11.8. The van der Waals surface area contributed by atoms with Crippen molar-refractivity contribution in [1.82, 2.24) is 9.78 Å². The standard InChI is InChI=1S/C12H13ClN4O/c1-8-4-5-17(15-8)7-10-3-2-9(6-11(10)13)12(14)16-18/h2-6,18H,7H2,1H3,(H2,14,16). The minimum Gasteiger partial charge on any atom is -0.409 e. The maximum Gasteiger partial charge on any atom is 0.170 e. The number of nitrogens with zero attached hydrogens (tertiary/aromatic N) is 3. The van der Waals surface area contributed by atoms with E-state index in [0.717, 1.165) is 11.3 Å². The first-order valence-electron chi connectivity index (χ1n) is 5.36. The molecule has 0 aliphatic heterocycles. The van der Waals surface area contributed by atoms with Gasteiger partial charge >= 0.3 is 0 Å². The molecule has 0 saturated carbocycles. The van der Waals surface area contributed by atoms with Gasteiger partial charge in [-0.25, -0.2) is 0 Å². The Balaban J connectivity index is 2.25. The number of amidine groups is 1. The van der Waals surface area contributed by atoms with Gasteiger partial charge in [-0.3, -0.25) is 4.68 Å². The van der Waals surface area contributed by atoms with Crippen LogP contribution in [0.15, 0.2) is 35.6 Å². The summed E-state index contributed by atoms with van der Waals surface area (Å²) in [4.78, 5) is 0. The highest BCUT2D eigenvalue weighted by Crippen LogP contribution is 2.19. The molecule has 1 heterocycles.